The lowest BCUT2D eigenvalue weighted by Gasteiger charge is -2.37. The predicted molar refractivity (Wildman–Crippen MR) is 123 cm³/mol. The van der Waals surface area contributed by atoms with Gasteiger partial charge in [0.15, 0.2) is 0 Å². The van der Waals surface area contributed by atoms with Gasteiger partial charge in [-0.1, -0.05) is 12.1 Å². The molecule has 6 nitrogen and oxygen atoms in total. The topological polar surface area (TPSA) is 66.4 Å². The molecule has 5 atom stereocenters. The summed E-state index contributed by atoms with van der Waals surface area (Å²) in [5, 5.41) is 5.66. The van der Waals surface area contributed by atoms with Crippen LogP contribution in [0.25, 0.3) is 0 Å². The average molecular weight is 528 g/mol. The first-order valence-corrected chi connectivity index (χ1v) is 12.0. The highest BCUT2D eigenvalue weighted by Crippen LogP contribution is 2.48. The molecule has 1 amide bonds. The maximum atomic E-state index is 14.6. The summed E-state index contributed by atoms with van der Waals surface area (Å²) in [6.45, 7) is 2.99. The second-order valence-electron chi connectivity index (χ2n) is 10.3. The van der Waals surface area contributed by atoms with Gasteiger partial charge in [-0.2, -0.15) is 13.2 Å². The molecule has 1 aromatic heterocycles. The van der Waals surface area contributed by atoms with Crippen molar-refractivity contribution in [3.8, 4) is 0 Å². The number of rotatable bonds is 6. The van der Waals surface area contributed by atoms with Crippen LogP contribution in [-0.2, 0) is 6.18 Å². The van der Waals surface area contributed by atoms with Crippen LogP contribution in [0, 0.1) is 17.7 Å². The number of carbonyl (C=O) groups excluding carboxylic acids is 1. The lowest BCUT2D eigenvalue weighted by atomic mass is 9.87. The van der Waals surface area contributed by atoms with Crippen LogP contribution in [0.1, 0.15) is 53.3 Å². The van der Waals surface area contributed by atoms with Crippen molar-refractivity contribution in [2.75, 3.05) is 25.5 Å². The van der Waals surface area contributed by atoms with Crippen LogP contribution in [0.3, 0.4) is 0 Å². The zero-order valence-corrected chi connectivity index (χ0v) is 20.1. The zero-order valence-electron chi connectivity index (χ0n) is 20.1. The summed E-state index contributed by atoms with van der Waals surface area (Å²) in [6, 6.07) is 1.31. The van der Waals surface area contributed by atoms with Crippen molar-refractivity contribution in [2.45, 2.75) is 50.0 Å². The Labute approximate surface area is 208 Å². The fourth-order valence-corrected chi connectivity index (χ4v) is 5.51. The van der Waals surface area contributed by atoms with Gasteiger partial charge in [0.25, 0.3) is 17.4 Å². The third kappa shape index (κ3) is 4.60. The second-order valence-corrected chi connectivity index (χ2v) is 10.3. The Morgan fingerprint density at radius 2 is 1.86 bits per heavy atom. The minimum absolute atomic E-state index is 0.00137. The van der Waals surface area contributed by atoms with Crippen molar-refractivity contribution in [3.63, 3.8) is 0 Å². The first kappa shape index (κ1) is 25.6. The third-order valence-corrected chi connectivity index (χ3v) is 7.75. The van der Waals surface area contributed by atoms with Gasteiger partial charge in [-0.25, -0.2) is 13.2 Å². The number of likely N-dealkylation sites (tertiary alicyclic amines) is 1. The van der Waals surface area contributed by atoms with Gasteiger partial charge in [-0.3, -0.25) is 9.59 Å². The van der Waals surface area contributed by atoms with E-state index in [0.29, 0.717) is 17.9 Å². The summed E-state index contributed by atoms with van der Waals surface area (Å²) in [5.74, 6) is -4.80. The molecule has 2 heterocycles. The number of fused-ring (bicyclic) bond motifs is 1. The maximum Gasteiger partial charge on any atom is 0.419 e. The van der Waals surface area contributed by atoms with E-state index in [4.69, 9.17) is 0 Å². The molecule has 1 saturated heterocycles. The van der Waals surface area contributed by atoms with Crippen LogP contribution in [-0.4, -0.2) is 47.5 Å². The molecule has 200 valence electrons. The number of aromatic nitrogens is 1. The van der Waals surface area contributed by atoms with Crippen molar-refractivity contribution in [3.05, 3.63) is 63.3 Å². The van der Waals surface area contributed by atoms with Crippen LogP contribution < -0.4 is 16.2 Å². The summed E-state index contributed by atoms with van der Waals surface area (Å²) in [5.41, 5.74) is -2.49. The monoisotopic (exact) mass is 528 g/mol. The Hall–Kier alpha value is -3.02. The van der Waals surface area contributed by atoms with Gasteiger partial charge in [-0.05, 0) is 38.3 Å². The predicted octanol–water partition coefficient (Wildman–Crippen LogP) is 4.44. The number of alkyl halides is 5. The lowest BCUT2D eigenvalue weighted by Crippen LogP contribution is -2.45. The minimum atomic E-state index is -4.92. The summed E-state index contributed by atoms with van der Waals surface area (Å²) in [6.07, 6.45) is -4.17. The molecule has 0 bridgehead atoms. The maximum absolute atomic E-state index is 14.6. The Bertz CT molecular complexity index is 1280. The van der Waals surface area contributed by atoms with Gasteiger partial charge in [0, 0.05) is 43.4 Å². The Morgan fingerprint density at radius 3 is 2.43 bits per heavy atom. The number of hydrogen-bond donors (Lipinski definition) is 2. The number of hydrogen-bond acceptors (Lipinski definition) is 4. The average Bonchev–Trinajstić information content (AvgIpc) is 3.23. The van der Waals surface area contributed by atoms with Crippen LogP contribution >= 0.6 is 0 Å². The van der Waals surface area contributed by atoms with Gasteiger partial charge in [0.05, 0.1) is 22.9 Å². The molecule has 1 aromatic carbocycles. The van der Waals surface area contributed by atoms with E-state index in [1.165, 1.54) is 6.92 Å². The fraction of sp³-hybridized carbons (Fsp3) is 0.520. The summed E-state index contributed by atoms with van der Waals surface area (Å²) in [4.78, 5) is 28.2. The Kier molecular flexibility index (Phi) is 6.08. The fourth-order valence-electron chi connectivity index (χ4n) is 5.51. The number of piperidine rings is 1. The van der Waals surface area contributed by atoms with E-state index in [1.54, 1.807) is 0 Å². The van der Waals surface area contributed by atoms with E-state index >= 15 is 0 Å². The van der Waals surface area contributed by atoms with Crippen molar-refractivity contribution in [2.24, 2.45) is 11.8 Å². The van der Waals surface area contributed by atoms with Crippen LogP contribution in [0.15, 0.2) is 35.3 Å². The molecule has 37 heavy (non-hydrogen) atoms. The number of anilines is 1. The summed E-state index contributed by atoms with van der Waals surface area (Å²) in [7, 11) is 1.98. The molecule has 3 aliphatic rings. The zero-order chi connectivity index (χ0) is 26.9. The van der Waals surface area contributed by atoms with E-state index in [9.17, 15) is 35.9 Å². The number of halogens is 6. The van der Waals surface area contributed by atoms with Crippen molar-refractivity contribution in [1.29, 1.82) is 0 Å². The minimum Gasteiger partial charge on any atom is -0.381 e. The van der Waals surface area contributed by atoms with Crippen LogP contribution in [0.4, 0.5) is 32.0 Å². The molecular weight excluding hydrogens is 502 g/mol. The van der Waals surface area contributed by atoms with Gasteiger partial charge in [0.2, 0.25) is 0 Å². The molecule has 3 fully saturated rings. The normalized spacial score (nSPS) is 27.2. The molecule has 0 spiro atoms. The van der Waals surface area contributed by atoms with Crippen LogP contribution in [0.5, 0.6) is 0 Å². The van der Waals surface area contributed by atoms with Gasteiger partial charge in [0.1, 0.15) is 11.9 Å². The molecule has 1 aliphatic heterocycles. The largest absolute Gasteiger partial charge is 0.419 e. The SMILES string of the molecule is C[C@@H](NC(=O)c1cn([C@@H]2CCC2(F)F)c(=O)cc1N[C@@H]1[C@@H]2CN(C)C[C@@H]21)c1cccc(C(F)(F)F)c1F. The van der Waals surface area contributed by atoms with Gasteiger partial charge < -0.3 is 20.1 Å². The highest BCUT2D eigenvalue weighted by atomic mass is 19.4. The second kappa shape index (κ2) is 8.78. The smallest absolute Gasteiger partial charge is 0.381 e. The third-order valence-electron chi connectivity index (χ3n) is 7.75. The molecular formula is C25H26F6N4O2. The number of nitrogens with zero attached hydrogens (tertiary/aromatic N) is 2. The highest BCUT2D eigenvalue weighted by Gasteiger charge is 2.55. The molecule has 5 rings (SSSR count). The molecule has 2 saturated carbocycles. The standard InChI is InChI=1S/C25H26F6N4O2/c1-12(13-4-3-5-17(21(13)26)25(29,30)31)32-23(37)16-11-35(19-6-7-24(19,27)28)20(36)8-18(16)33-22-14-9-34(2)10-15(14)22/h3-5,8,11-12,14-15,19,22,33H,6-7,9-10H2,1-2H3,(H,32,37)/t12-,14-,15+,19-,22-/m1/s1. The Balaban J connectivity index is 1.45. The first-order chi connectivity index (χ1) is 17.3. The number of amides is 1. The highest BCUT2D eigenvalue weighted by molar-refractivity contribution is 5.99. The number of nitrogens with one attached hydrogen (secondary N) is 2. The number of benzene rings is 1. The van der Waals surface area contributed by atoms with E-state index in [2.05, 4.69) is 15.5 Å². The molecule has 0 unspecified atom stereocenters. The molecule has 12 heteroatoms. The van der Waals surface area contributed by atoms with E-state index in [0.717, 1.165) is 42.1 Å². The molecule has 2 aromatic rings. The summed E-state index contributed by atoms with van der Waals surface area (Å²) >= 11 is 0. The number of pyridine rings is 1. The lowest BCUT2D eigenvalue weighted by molar-refractivity contribution is -0.140. The quantitative estimate of drug-likeness (QED) is 0.545. The van der Waals surface area contributed by atoms with Crippen molar-refractivity contribution in [1.82, 2.24) is 14.8 Å². The van der Waals surface area contributed by atoms with Crippen molar-refractivity contribution < 1.29 is 31.1 Å². The van der Waals surface area contributed by atoms with E-state index < -0.39 is 47.0 Å². The van der Waals surface area contributed by atoms with Gasteiger partial charge in [-0.15, -0.1) is 0 Å². The van der Waals surface area contributed by atoms with Gasteiger partial charge >= 0.3 is 6.18 Å². The number of carbonyl (C=O) groups is 1. The summed E-state index contributed by atoms with van der Waals surface area (Å²) < 4.78 is 83.1. The molecule has 2 aliphatic carbocycles. The van der Waals surface area contributed by atoms with E-state index in [-0.39, 0.29) is 35.7 Å². The van der Waals surface area contributed by atoms with Crippen molar-refractivity contribution >= 4 is 11.6 Å². The molecule has 2 N–H and O–H groups in total. The molecule has 0 radical (unpaired) electrons. The first-order valence-electron chi connectivity index (χ1n) is 12.0. The van der Waals surface area contributed by atoms with E-state index in [1.807, 2.05) is 7.05 Å². The van der Waals surface area contributed by atoms with Crippen LogP contribution in [0.2, 0.25) is 0 Å². The Morgan fingerprint density at radius 1 is 1.19 bits per heavy atom.